The quantitative estimate of drug-likeness (QED) is 0.0536. The van der Waals surface area contributed by atoms with Gasteiger partial charge < -0.3 is 21.1 Å². The van der Waals surface area contributed by atoms with Gasteiger partial charge in [-0.25, -0.2) is 19.5 Å². The molecule has 0 heterocycles. The molecule has 0 unspecified atom stereocenters. The molecule has 0 aliphatic carbocycles. The number of amides is 1. The van der Waals surface area contributed by atoms with Crippen LogP contribution in [0.2, 0.25) is 0 Å². The van der Waals surface area contributed by atoms with Crippen LogP contribution in [0.5, 0.6) is 0 Å². The number of nitrogens with one attached hydrogen (secondary N) is 2. The highest BCUT2D eigenvalue weighted by Gasteiger charge is 2.30. The van der Waals surface area contributed by atoms with Crippen LogP contribution in [0.4, 0.5) is 4.39 Å². The van der Waals surface area contributed by atoms with Crippen molar-refractivity contribution in [3.05, 3.63) is 45.3 Å². The maximum absolute atomic E-state index is 14.1. The van der Waals surface area contributed by atoms with E-state index in [0.29, 0.717) is 12.0 Å². The number of carbonyl (C=O) groups is 2. The molecule has 1 aromatic rings. The van der Waals surface area contributed by atoms with E-state index in [9.17, 15) is 34.1 Å². The molecule has 2 atom stereocenters. The lowest BCUT2D eigenvalue weighted by atomic mass is 9.74. The Morgan fingerprint density at radius 3 is 2.58 bits per heavy atom. The number of halogens is 1. The predicted octanol–water partition coefficient (Wildman–Crippen LogP) is 0.742. The molecule has 0 saturated carbocycles. The highest BCUT2D eigenvalue weighted by molar-refractivity contribution is 6.43. The normalized spacial score (nSPS) is 13.4. The molecule has 0 aliphatic rings. The van der Waals surface area contributed by atoms with Crippen LogP contribution < -0.4 is 16.5 Å². The van der Waals surface area contributed by atoms with E-state index in [1.165, 1.54) is 18.2 Å². The molecule has 0 spiro atoms. The van der Waals surface area contributed by atoms with E-state index in [4.69, 9.17) is 5.73 Å². The minimum Gasteiger partial charge on any atom is -0.426 e. The molecule has 13 heteroatoms. The third kappa shape index (κ3) is 10.4. The maximum Gasteiger partial charge on any atom is 0.475 e. The minimum absolute atomic E-state index is 0.0432. The number of guanidine groups is 1. The van der Waals surface area contributed by atoms with E-state index in [2.05, 4.69) is 10.3 Å². The van der Waals surface area contributed by atoms with Gasteiger partial charge in [-0.3, -0.25) is 9.59 Å². The lowest BCUT2D eigenvalue weighted by Crippen LogP contribution is -2.49. The molecule has 33 heavy (non-hydrogen) atoms. The Bertz CT molecular complexity index is 867. The van der Waals surface area contributed by atoms with Crippen LogP contribution in [-0.2, 0) is 4.79 Å². The maximum atomic E-state index is 14.1. The summed E-state index contributed by atoms with van der Waals surface area (Å²) in [6, 6.07) is 4.11. The first kappa shape index (κ1) is 28.0. The van der Waals surface area contributed by atoms with Gasteiger partial charge in [0.25, 0.3) is 5.96 Å². The van der Waals surface area contributed by atoms with Crippen LogP contribution >= 0.6 is 0 Å². The average molecular weight is 467 g/mol. The minimum atomic E-state index is -1.79. The zero-order valence-electron chi connectivity index (χ0n) is 19.0. The number of nitro groups is 1. The third-order valence-corrected chi connectivity index (χ3v) is 4.84. The largest absolute Gasteiger partial charge is 0.475 e. The second-order valence-corrected chi connectivity index (χ2v) is 8.24. The van der Waals surface area contributed by atoms with Crippen LogP contribution in [0.1, 0.15) is 55.5 Å². The van der Waals surface area contributed by atoms with Gasteiger partial charge in [0.15, 0.2) is 10.8 Å². The van der Waals surface area contributed by atoms with Gasteiger partial charge >= 0.3 is 7.12 Å². The van der Waals surface area contributed by atoms with Crippen LogP contribution in [0, 0.1) is 34.7 Å². The summed E-state index contributed by atoms with van der Waals surface area (Å²) in [6.45, 7) is 5.46. The van der Waals surface area contributed by atoms with Crippen molar-refractivity contribution in [2.75, 3.05) is 6.54 Å². The molecule has 1 aromatic carbocycles. The Kier molecular flexibility index (Phi) is 11.4. The molecule has 0 aromatic heterocycles. The van der Waals surface area contributed by atoms with E-state index in [-0.39, 0.29) is 37.3 Å². The second-order valence-electron chi connectivity index (χ2n) is 8.24. The van der Waals surface area contributed by atoms with Crippen LogP contribution in [0.25, 0.3) is 0 Å². The number of rotatable bonds is 13. The summed E-state index contributed by atoms with van der Waals surface area (Å²) in [5, 5.41) is 31.2. The molecule has 1 amide bonds. The predicted molar refractivity (Wildman–Crippen MR) is 121 cm³/mol. The van der Waals surface area contributed by atoms with Gasteiger partial charge in [-0.15, -0.1) is 0 Å². The number of benzene rings is 1. The topological polar surface area (TPSA) is 180 Å². The van der Waals surface area contributed by atoms with Crippen LogP contribution in [0.15, 0.2) is 23.2 Å². The average Bonchev–Trinajstić information content (AvgIpc) is 2.70. The number of aliphatic imine (C=N–C) groups is 1. The first-order valence-corrected chi connectivity index (χ1v) is 10.6. The Hall–Kier alpha value is -3.06. The Morgan fingerprint density at radius 1 is 1.33 bits per heavy atom. The zero-order valence-corrected chi connectivity index (χ0v) is 19.0. The second kappa shape index (κ2) is 13.5. The number of ketones is 1. The molecule has 0 radical (unpaired) electrons. The van der Waals surface area contributed by atoms with E-state index in [0.717, 1.165) is 0 Å². The molecule has 1 rings (SSSR count). The van der Waals surface area contributed by atoms with Crippen molar-refractivity contribution in [3.8, 4) is 0 Å². The first-order chi connectivity index (χ1) is 15.4. The van der Waals surface area contributed by atoms with Crippen molar-refractivity contribution in [3.63, 3.8) is 0 Å². The standard InChI is InChI=1S/C20H31BFN5O6/c1-12(2)9-18(21(30)31)25-19(29)14(5-4-8-24-20(23)26-27(32)33)11-17(28)15-10-13(3)6-7-16(15)22/h6-7,10,12,14,18,30-31H,4-5,8-9,11H2,1-3H3,(H,25,29)(H3,23,24,26)/t14-,18+/m1/s1. The fourth-order valence-electron chi connectivity index (χ4n) is 3.24. The fraction of sp³-hybridized carbons (Fsp3) is 0.550. The van der Waals surface area contributed by atoms with Gasteiger partial charge in [-0.2, -0.15) is 0 Å². The Morgan fingerprint density at radius 2 is 2.00 bits per heavy atom. The van der Waals surface area contributed by atoms with Crippen molar-refractivity contribution in [2.24, 2.45) is 22.6 Å². The highest BCUT2D eigenvalue weighted by atomic mass is 19.1. The van der Waals surface area contributed by atoms with Crippen molar-refractivity contribution in [1.82, 2.24) is 10.7 Å². The van der Waals surface area contributed by atoms with Gasteiger partial charge in [0, 0.05) is 18.9 Å². The number of hydrogen-bond acceptors (Lipinski definition) is 7. The molecule has 0 saturated heterocycles. The highest BCUT2D eigenvalue weighted by Crippen LogP contribution is 2.20. The molecule has 0 aliphatic heterocycles. The SMILES string of the molecule is Cc1ccc(F)c(C(=O)C[C@@H](CCCN=C(N)N[N+](=O)[O-])C(=O)N[C@@H](CC(C)C)B(O)O)c1. The molecule has 11 nitrogen and oxygen atoms in total. The molecule has 0 fully saturated rings. The number of aryl methyl sites for hydroxylation is 1. The number of nitrogens with two attached hydrogens (primary N) is 1. The van der Waals surface area contributed by atoms with E-state index in [1.807, 2.05) is 13.8 Å². The summed E-state index contributed by atoms with van der Waals surface area (Å²) in [7, 11) is -1.79. The summed E-state index contributed by atoms with van der Waals surface area (Å²) >= 11 is 0. The first-order valence-electron chi connectivity index (χ1n) is 10.6. The Labute approximate surface area is 191 Å². The summed E-state index contributed by atoms with van der Waals surface area (Å²) in [5.74, 6) is -4.05. The van der Waals surface area contributed by atoms with Gasteiger partial charge in [0.05, 0.1) is 11.5 Å². The van der Waals surface area contributed by atoms with E-state index >= 15 is 0 Å². The van der Waals surface area contributed by atoms with Gasteiger partial charge in [0.1, 0.15) is 5.82 Å². The summed E-state index contributed by atoms with van der Waals surface area (Å²) in [4.78, 5) is 39.8. The summed E-state index contributed by atoms with van der Waals surface area (Å²) < 4.78 is 14.1. The number of carbonyl (C=O) groups excluding carboxylic acids is 2. The lowest BCUT2D eigenvalue weighted by molar-refractivity contribution is -0.525. The van der Waals surface area contributed by atoms with Crippen molar-refractivity contribution in [2.45, 2.75) is 52.4 Å². The van der Waals surface area contributed by atoms with Crippen molar-refractivity contribution in [1.29, 1.82) is 0 Å². The lowest BCUT2D eigenvalue weighted by Gasteiger charge is -2.23. The van der Waals surface area contributed by atoms with Crippen LogP contribution in [-0.4, -0.2) is 52.3 Å². The van der Waals surface area contributed by atoms with Crippen molar-refractivity contribution < 1.29 is 29.1 Å². The summed E-state index contributed by atoms with van der Waals surface area (Å²) in [5.41, 5.74) is 7.60. The molecule has 0 bridgehead atoms. The molecule has 6 N–H and O–H groups in total. The van der Waals surface area contributed by atoms with Gasteiger partial charge in [0.2, 0.25) is 5.91 Å². The smallest absolute Gasteiger partial charge is 0.426 e. The monoisotopic (exact) mass is 467 g/mol. The number of hydrazine groups is 1. The van der Waals surface area contributed by atoms with Gasteiger partial charge in [-0.1, -0.05) is 30.9 Å². The Balaban J connectivity index is 2.96. The van der Waals surface area contributed by atoms with Gasteiger partial charge in [-0.05, 0) is 44.2 Å². The number of nitrogens with zero attached hydrogens (tertiary/aromatic N) is 2. The molecule has 182 valence electrons. The molecular weight excluding hydrogens is 436 g/mol. The summed E-state index contributed by atoms with van der Waals surface area (Å²) in [6.07, 6.45) is 0.368. The zero-order chi connectivity index (χ0) is 25.1. The number of Topliss-reactive ketones (excluding diaryl/α,β-unsaturated/α-hetero) is 1. The fourth-order valence-corrected chi connectivity index (χ4v) is 3.24. The number of hydrogen-bond donors (Lipinski definition) is 5. The van der Waals surface area contributed by atoms with Crippen LogP contribution in [0.3, 0.4) is 0 Å². The van der Waals surface area contributed by atoms with E-state index < -0.39 is 47.5 Å². The molecular formula is C20H31BFN5O6. The third-order valence-electron chi connectivity index (χ3n) is 4.84. The van der Waals surface area contributed by atoms with E-state index in [1.54, 1.807) is 12.3 Å². The van der Waals surface area contributed by atoms with Crippen molar-refractivity contribution >= 4 is 24.8 Å².